The standard InChI is InChI=1S/C15H24O4/c1-9(12(16)17)13(18)19-15(14(2,3)4)8-10-5-6-11(15)7-10/h9-11H,5-8H2,1-4H3,(H,16,17). The number of carbonyl (C=O) groups is 2. The van der Waals surface area contributed by atoms with Gasteiger partial charge in [-0.3, -0.25) is 9.59 Å². The maximum atomic E-state index is 12.1. The molecule has 2 bridgehead atoms. The van der Waals surface area contributed by atoms with Gasteiger partial charge in [-0.15, -0.1) is 0 Å². The first-order valence-electron chi connectivity index (χ1n) is 7.13. The van der Waals surface area contributed by atoms with E-state index in [-0.39, 0.29) is 5.41 Å². The van der Waals surface area contributed by atoms with Gasteiger partial charge in [-0.05, 0) is 44.4 Å². The smallest absolute Gasteiger partial charge is 0.320 e. The van der Waals surface area contributed by atoms with Gasteiger partial charge in [0.15, 0.2) is 5.92 Å². The molecule has 2 aliphatic carbocycles. The van der Waals surface area contributed by atoms with Crippen LogP contribution < -0.4 is 0 Å². The van der Waals surface area contributed by atoms with Gasteiger partial charge in [0, 0.05) is 5.41 Å². The molecule has 2 saturated carbocycles. The molecular weight excluding hydrogens is 244 g/mol. The van der Waals surface area contributed by atoms with E-state index in [1.807, 2.05) is 0 Å². The number of fused-ring (bicyclic) bond motifs is 2. The Hall–Kier alpha value is -1.06. The fourth-order valence-electron chi connectivity index (χ4n) is 3.84. The minimum atomic E-state index is -1.11. The maximum Gasteiger partial charge on any atom is 0.320 e. The van der Waals surface area contributed by atoms with Crippen LogP contribution in [0.15, 0.2) is 0 Å². The Balaban J connectivity index is 2.22. The van der Waals surface area contributed by atoms with Gasteiger partial charge >= 0.3 is 11.9 Å². The highest BCUT2D eigenvalue weighted by atomic mass is 16.6. The predicted octanol–water partition coefficient (Wildman–Crippen LogP) is 2.86. The van der Waals surface area contributed by atoms with Crippen molar-refractivity contribution in [2.24, 2.45) is 23.2 Å². The van der Waals surface area contributed by atoms with Crippen LogP contribution in [0.4, 0.5) is 0 Å². The summed E-state index contributed by atoms with van der Waals surface area (Å²) in [6.45, 7) is 7.67. The van der Waals surface area contributed by atoms with Gasteiger partial charge in [-0.2, -0.15) is 0 Å². The summed E-state index contributed by atoms with van der Waals surface area (Å²) in [6, 6.07) is 0. The fraction of sp³-hybridized carbons (Fsp3) is 0.867. The van der Waals surface area contributed by atoms with E-state index < -0.39 is 23.5 Å². The second-order valence-electron chi connectivity index (χ2n) is 7.20. The predicted molar refractivity (Wildman–Crippen MR) is 70.5 cm³/mol. The number of esters is 1. The lowest BCUT2D eigenvalue weighted by Crippen LogP contribution is -2.52. The molecule has 4 heteroatoms. The minimum absolute atomic E-state index is 0.152. The zero-order valence-electron chi connectivity index (χ0n) is 12.2. The zero-order chi connectivity index (χ0) is 14.4. The molecule has 0 radical (unpaired) electrons. The molecule has 2 rings (SSSR count). The van der Waals surface area contributed by atoms with Crippen molar-refractivity contribution in [3.8, 4) is 0 Å². The zero-order valence-corrected chi connectivity index (χ0v) is 12.2. The molecular formula is C15H24O4. The van der Waals surface area contributed by atoms with Gasteiger partial charge < -0.3 is 9.84 Å². The first-order chi connectivity index (χ1) is 8.67. The van der Waals surface area contributed by atoms with Crippen molar-refractivity contribution in [2.45, 2.75) is 59.0 Å². The average Bonchev–Trinajstić information content (AvgIpc) is 2.87. The fourth-order valence-corrected chi connectivity index (χ4v) is 3.84. The van der Waals surface area contributed by atoms with Gasteiger partial charge in [-0.25, -0.2) is 0 Å². The molecule has 19 heavy (non-hydrogen) atoms. The molecule has 4 atom stereocenters. The quantitative estimate of drug-likeness (QED) is 0.631. The molecule has 4 nitrogen and oxygen atoms in total. The van der Waals surface area contributed by atoms with Crippen LogP contribution in [-0.4, -0.2) is 22.6 Å². The second-order valence-corrected chi connectivity index (χ2v) is 7.20. The van der Waals surface area contributed by atoms with E-state index in [2.05, 4.69) is 20.8 Å². The Morgan fingerprint density at radius 3 is 2.32 bits per heavy atom. The van der Waals surface area contributed by atoms with Crippen LogP contribution in [0.3, 0.4) is 0 Å². The van der Waals surface area contributed by atoms with E-state index in [0.717, 1.165) is 19.3 Å². The molecule has 0 spiro atoms. The van der Waals surface area contributed by atoms with E-state index in [0.29, 0.717) is 11.8 Å². The number of ether oxygens (including phenoxy) is 1. The summed E-state index contributed by atoms with van der Waals surface area (Å²) < 4.78 is 5.80. The Morgan fingerprint density at radius 1 is 1.32 bits per heavy atom. The molecule has 1 N–H and O–H groups in total. The Kier molecular flexibility index (Phi) is 3.40. The molecule has 4 unspecified atom stereocenters. The minimum Gasteiger partial charge on any atom is -0.481 e. The first-order valence-corrected chi connectivity index (χ1v) is 7.13. The monoisotopic (exact) mass is 268 g/mol. The van der Waals surface area contributed by atoms with E-state index in [1.54, 1.807) is 0 Å². The maximum absolute atomic E-state index is 12.1. The van der Waals surface area contributed by atoms with Gasteiger partial charge in [-0.1, -0.05) is 20.8 Å². The summed E-state index contributed by atoms with van der Waals surface area (Å²) in [5.41, 5.74) is -0.628. The van der Waals surface area contributed by atoms with Crippen LogP contribution in [-0.2, 0) is 14.3 Å². The molecule has 2 fully saturated rings. The number of aliphatic carboxylic acids is 1. The number of carbonyl (C=O) groups excluding carboxylic acids is 1. The van der Waals surface area contributed by atoms with E-state index in [9.17, 15) is 9.59 Å². The molecule has 2 aliphatic rings. The number of carboxylic acids is 1. The van der Waals surface area contributed by atoms with Crippen molar-refractivity contribution in [1.82, 2.24) is 0 Å². The molecule has 0 aromatic carbocycles. The van der Waals surface area contributed by atoms with E-state index in [4.69, 9.17) is 9.84 Å². The number of hydrogen-bond acceptors (Lipinski definition) is 3. The number of rotatable bonds is 3. The van der Waals surface area contributed by atoms with Gasteiger partial charge in [0.1, 0.15) is 5.60 Å². The first kappa shape index (κ1) is 14.4. The van der Waals surface area contributed by atoms with Gasteiger partial charge in [0.25, 0.3) is 0 Å². The lowest BCUT2D eigenvalue weighted by Gasteiger charge is -2.47. The van der Waals surface area contributed by atoms with Crippen molar-refractivity contribution in [3.05, 3.63) is 0 Å². The Labute approximate surface area is 114 Å². The summed E-state index contributed by atoms with van der Waals surface area (Å²) >= 11 is 0. The van der Waals surface area contributed by atoms with Gasteiger partial charge in [0.05, 0.1) is 0 Å². The van der Waals surface area contributed by atoms with Crippen molar-refractivity contribution >= 4 is 11.9 Å². The molecule has 0 aromatic heterocycles. The SMILES string of the molecule is CC(C(=O)O)C(=O)OC1(C(C)(C)C)CC2CCC1C2. The lowest BCUT2D eigenvalue weighted by molar-refractivity contribution is -0.190. The van der Waals surface area contributed by atoms with Crippen molar-refractivity contribution in [2.75, 3.05) is 0 Å². The Bertz CT molecular complexity index is 395. The summed E-state index contributed by atoms with van der Waals surface area (Å²) in [5.74, 6) is -1.76. The lowest BCUT2D eigenvalue weighted by atomic mass is 9.67. The van der Waals surface area contributed by atoms with Crippen LogP contribution >= 0.6 is 0 Å². The third kappa shape index (κ3) is 2.26. The van der Waals surface area contributed by atoms with E-state index in [1.165, 1.54) is 13.3 Å². The highest BCUT2D eigenvalue weighted by molar-refractivity contribution is 5.93. The molecule has 0 saturated heterocycles. The molecule has 0 heterocycles. The van der Waals surface area contributed by atoms with Crippen molar-refractivity contribution < 1.29 is 19.4 Å². The van der Waals surface area contributed by atoms with Crippen LogP contribution in [0.25, 0.3) is 0 Å². The third-order valence-corrected chi connectivity index (χ3v) is 5.07. The van der Waals surface area contributed by atoms with Crippen LogP contribution in [0.1, 0.15) is 53.4 Å². The molecule has 0 aromatic rings. The number of carboxylic acid groups (broad SMARTS) is 1. The van der Waals surface area contributed by atoms with Crippen LogP contribution in [0.2, 0.25) is 0 Å². The van der Waals surface area contributed by atoms with Crippen LogP contribution in [0, 0.1) is 23.2 Å². The second kappa shape index (κ2) is 4.50. The summed E-state index contributed by atoms with van der Waals surface area (Å²) in [5, 5.41) is 8.94. The normalized spacial score (nSPS) is 35.2. The largest absolute Gasteiger partial charge is 0.481 e. The Morgan fingerprint density at radius 2 is 1.95 bits per heavy atom. The summed E-state index contributed by atoms with van der Waals surface area (Å²) in [7, 11) is 0. The van der Waals surface area contributed by atoms with Crippen LogP contribution in [0.5, 0.6) is 0 Å². The summed E-state index contributed by atoms with van der Waals surface area (Å²) in [6.07, 6.45) is 4.32. The highest BCUT2D eigenvalue weighted by Crippen LogP contribution is 2.59. The average molecular weight is 268 g/mol. The molecule has 108 valence electrons. The van der Waals surface area contributed by atoms with E-state index >= 15 is 0 Å². The topological polar surface area (TPSA) is 63.6 Å². The number of hydrogen-bond donors (Lipinski definition) is 1. The third-order valence-electron chi connectivity index (χ3n) is 5.07. The molecule has 0 aliphatic heterocycles. The van der Waals surface area contributed by atoms with Crippen molar-refractivity contribution in [3.63, 3.8) is 0 Å². The van der Waals surface area contributed by atoms with Gasteiger partial charge in [0.2, 0.25) is 0 Å². The summed E-state index contributed by atoms with van der Waals surface area (Å²) in [4.78, 5) is 23.0. The van der Waals surface area contributed by atoms with Crippen molar-refractivity contribution in [1.29, 1.82) is 0 Å². The molecule has 0 amide bonds. The highest BCUT2D eigenvalue weighted by Gasteiger charge is 2.59.